The van der Waals surface area contributed by atoms with Crippen molar-refractivity contribution in [1.29, 1.82) is 0 Å². The van der Waals surface area contributed by atoms with Gasteiger partial charge in [-0.05, 0) is 50.2 Å². The molecule has 2 aromatic heterocycles. The third-order valence-corrected chi connectivity index (χ3v) is 3.19. The zero-order valence-electron chi connectivity index (χ0n) is 13.5. The number of halogens is 1. The lowest BCUT2D eigenvalue weighted by Crippen LogP contribution is -2.13. The Balaban J connectivity index is 1.96. The summed E-state index contributed by atoms with van der Waals surface area (Å²) >= 11 is 0. The Hall–Kier alpha value is -3.02. The van der Waals surface area contributed by atoms with Crippen LogP contribution in [0.4, 0.5) is 21.8 Å². The van der Waals surface area contributed by atoms with Crippen LogP contribution in [-0.4, -0.2) is 21.0 Å². The molecule has 0 spiro atoms. The van der Waals surface area contributed by atoms with Crippen molar-refractivity contribution in [2.45, 2.75) is 19.9 Å². The summed E-state index contributed by atoms with van der Waals surface area (Å²) in [4.78, 5) is 13.3. The van der Waals surface area contributed by atoms with Gasteiger partial charge >= 0.3 is 0 Å². The van der Waals surface area contributed by atoms with Crippen molar-refractivity contribution in [3.63, 3.8) is 0 Å². The lowest BCUT2D eigenvalue weighted by Gasteiger charge is -2.13. The number of pyridine rings is 1. The summed E-state index contributed by atoms with van der Waals surface area (Å²) in [6, 6.07) is 13.8. The third-order valence-electron chi connectivity index (χ3n) is 3.19. The van der Waals surface area contributed by atoms with Gasteiger partial charge in [0.05, 0.1) is 11.4 Å². The van der Waals surface area contributed by atoms with Gasteiger partial charge in [-0.2, -0.15) is 4.98 Å². The van der Waals surface area contributed by atoms with Gasteiger partial charge in [-0.15, -0.1) is 0 Å². The molecule has 0 fully saturated rings. The van der Waals surface area contributed by atoms with E-state index in [1.54, 1.807) is 18.3 Å². The van der Waals surface area contributed by atoms with Gasteiger partial charge in [-0.1, -0.05) is 6.07 Å². The Morgan fingerprint density at radius 1 is 0.958 bits per heavy atom. The Bertz CT molecular complexity index is 803. The van der Waals surface area contributed by atoms with E-state index >= 15 is 0 Å². The van der Waals surface area contributed by atoms with E-state index in [4.69, 9.17) is 0 Å². The number of anilines is 3. The molecule has 0 unspecified atom stereocenters. The molecular weight excluding hydrogens is 305 g/mol. The maximum Gasteiger partial charge on any atom is 0.225 e. The van der Waals surface area contributed by atoms with Gasteiger partial charge < -0.3 is 10.6 Å². The smallest absolute Gasteiger partial charge is 0.225 e. The van der Waals surface area contributed by atoms with E-state index in [1.807, 2.05) is 38.1 Å². The monoisotopic (exact) mass is 323 g/mol. The zero-order chi connectivity index (χ0) is 16.9. The molecule has 6 heteroatoms. The van der Waals surface area contributed by atoms with Crippen LogP contribution in [-0.2, 0) is 0 Å². The van der Waals surface area contributed by atoms with E-state index in [1.165, 1.54) is 12.1 Å². The van der Waals surface area contributed by atoms with Gasteiger partial charge in [0.1, 0.15) is 11.6 Å². The highest BCUT2D eigenvalue weighted by molar-refractivity contribution is 5.65. The predicted octanol–water partition coefficient (Wildman–Crippen LogP) is 4.24. The standard InChI is InChI=1S/C18H18FN5/c1-12(2)21-18-23-16(15-5-3-4-10-20-15)11-17(24-18)22-14-8-6-13(19)7-9-14/h3-12H,1-2H3,(H2,21,22,23,24). The van der Waals surface area contributed by atoms with Gasteiger partial charge in [-0.3, -0.25) is 4.98 Å². The van der Waals surface area contributed by atoms with E-state index in [-0.39, 0.29) is 11.9 Å². The molecule has 0 radical (unpaired) electrons. The first-order valence-corrected chi connectivity index (χ1v) is 7.70. The van der Waals surface area contributed by atoms with Crippen LogP contribution in [0.1, 0.15) is 13.8 Å². The molecule has 3 rings (SSSR count). The third kappa shape index (κ3) is 4.04. The molecule has 0 amide bonds. The second kappa shape index (κ2) is 7.04. The molecule has 0 aliphatic heterocycles. The molecule has 0 saturated carbocycles. The second-order valence-electron chi connectivity index (χ2n) is 5.61. The van der Waals surface area contributed by atoms with Crippen LogP contribution in [0.15, 0.2) is 54.7 Å². The molecule has 0 atom stereocenters. The summed E-state index contributed by atoms with van der Waals surface area (Å²) in [6.07, 6.45) is 1.72. The van der Waals surface area contributed by atoms with Crippen LogP contribution < -0.4 is 10.6 Å². The number of hydrogen-bond acceptors (Lipinski definition) is 5. The molecule has 5 nitrogen and oxygen atoms in total. The highest BCUT2D eigenvalue weighted by Gasteiger charge is 2.09. The molecule has 122 valence electrons. The summed E-state index contributed by atoms with van der Waals surface area (Å²) in [5.41, 5.74) is 2.21. The molecule has 24 heavy (non-hydrogen) atoms. The maximum absolute atomic E-state index is 13.0. The van der Waals surface area contributed by atoms with E-state index < -0.39 is 0 Å². The highest BCUT2D eigenvalue weighted by atomic mass is 19.1. The molecular formula is C18H18FN5. The minimum absolute atomic E-state index is 0.197. The summed E-state index contributed by atoms with van der Waals surface area (Å²) < 4.78 is 13.0. The van der Waals surface area contributed by atoms with Crippen LogP contribution in [0.3, 0.4) is 0 Å². The highest BCUT2D eigenvalue weighted by Crippen LogP contribution is 2.22. The molecule has 2 heterocycles. The molecule has 0 aliphatic carbocycles. The number of aromatic nitrogens is 3. The fourth-order valence-corrected chi connectivity index (χ4v) is 2.16. The summed E-state index contributed by atoms with van der Waals surface area (Å²) in [5, 5.41) is 6.37. The Morgan fingerprint density at radius 3 is 2.42 bits per heavy atom. The average molecular weight is 323 g/mol. The van der Waals surface area contributed by atoms with Crippen LogP contribution in [0.5, 0.6) is 0 Å². The summed E-state index contributed by atoms with van der Waals surface area (Å²) in [7, 11) is 0. The molecule has 0 saturated heterocycles. The van der Waals surface area contributed by atoms with Gasteiger partial charge in [0.2, 0.25) is 5.95 Å². The molecule has 0 aliphatic rings. The predicted molar refractivity (Wildman–Crippen MR) is 93.7 cm³/mol. The van der Waals surface area contributed by atoms with Crippen molar-refractivity contribution in [2.75, 3.05) is 10.6 Å². The van der Waals surface area contributed by atoms with Gasteiger partial charge in [0, 0.05) is 24.0 Å². The molecule has 0 bridgehead atoms. The topological polar surface area (TPSA) is 62.7 Å². The maximum atomic E-state index is 13.0. The Morgan fingerprint density at radius 2 is 1.75 bits per heavy atom. The first-order chi connectivity index (χ1) is 11.6. The zero-order valence-corrected chi connectivity index (χ0v) is 13.5. The van der Waals surface area contributed by atoms with E-state index in [9.17, 15) is 4.39 Å². The second-order valence-corrected chi connectivity index (χ2v) is 5.61. The SMILES string of the molecule is CC(C)Nc1nc(Nc2ccc(F)cc2)cc(-c2ccccn2)n1. The number of nitrogens with zero attached hydrogens (tertiary/aromatic N) is 3. The minimum atomic E-state index is -0.278. The number of nitrogens with one attached hydrogen (secondary N) is 2. The minimum Gasteiger partial charge on any atom is -0.352 e. The average Bonchev–Trinajstić information content (AvgIpc) is 2.57. The largest absolute Gasteiger partial charge is 0.352 e. The molecule has 3 aromatic rings. The van der Waals surface area contributed by atoms with Crippen molar-refractivity contribution < 1.29 is 4.39 Å². The van der Waals surface area contributed by atoms with E-state index in [2.05, 4.69) is 25.6 Å². The van der Waals surface area contributed by atoms with Crippen molar-refractivity contribution in [1.82, 2.24) is 15.0 Å². The first-order valence-electron chi connectivity index (χ1n) is 7.70. The van der Waals surface area contributed by atoms with Crippen molar-refractivity contribution in [2.24, 2.45) is 0 Å². The normalized spacial score (nSPS) is 10.7. The fourth-order valence-electron chi connectivity index (χ4n) is 2.16. The molecule has 1 aromatic carbocycles. The van der Waals surface area contributed by atoms with Crippen molar-refractivity contribution in [3.05, 3.63) is 60.5 Å². The van der Waals surface area contributed by atoms with Gasteiger partial charge in [-0.25, -0.2) is 9.37 Å². The van der Waals surface area contributed by atoms with Crippen LogP contribution >= 0.6 is 0 Å². The number of rotatable bonds is 5. The summed E-state index contributed by atoms with van der Waals surface area (Å²) in [6.45, 7) is 4.04. The number of hydrogen-bond donors (Lipinski definition) is 2. The summed E-state index contributed by atoms with van der Waals surface area (Å²) in [5.74, 6) is 0.845. The Labute approximate surface area is 140 Å². The van der Waals surface area contributed by atoms with Crippen LogP contribution in [0, 0.1) is 5.82 Å². The quantitative estimate of drug-likeness (QED) is 0.735. The van der Waals surface area contributed by atoms with E-state index in [0.717, 1.165) is 11.4 Å². The van der Waals surface area contributed by atoms with Crippen LogP contribution in [0.25, 0.3) is 11.4 Å². The van der Waals surface area contributed by atoms with Gasteiger partial charge in [0.15, 0.2) is 0 Å². The number of benzene rings is 1. The fraction of sp³-hybridized carbons (Fsp3) is 0.167. The van der Waals surface area contributed by atoms with E-state index in [0.29, 0.717) is 17.5 Å². The van der Waals surface area contributed by atoms with Crippen molar-refractivity contribution >= 4 is 17.5 Å². The van der Waals surface area contributed by atoms with Gasteiger partial charge in [0.25, 0.3) is 0 Å². The Kier molecular flexibility index (Phi) is 4.65. The lowest BCUT2D eigenvalue weighted by molar-refractivity contribution is 0.628. The lowest BCUT2D eigenvalue weighted by atomic mass is 10.2. The van der Waals surface area contributed by atoms with Crippen molar-refractivity contribution in [3.8, 4) is 11.4 Å². The first kappa shape index (κ1) is 15.9. The molecule has 2 N–H and O–H groups in total. The van der Waals surface area contributed by atoms with Crippen LogP contribution in [0.2, 0.25) is 0 Å².